The van der Waals surface area contributed by atoms with E-state index in [1.54, 1.807) is 0 Å². The van der Waals surface area contributed by atoms with E-state index in [9.17, 15) is 8.78 Å². The zero-order valence-electron chi connectivity index (χ0n) is 11.6. The third-order valence-electron chi connectivity index (χ3n) is 3.16. The summed E-state index contributed by atoms with van der Waals surface area (Å²) < 4.78 is 27.3. The molecule has 0 spiro atoms. The van der Waals surface area contributed by atoms with Crippen LogP contribution in [0.3, 0.4) is 0 Å². The maximum Gasteiger partial charge on any atom is 0.129 e. The van der Waals surface area contributed by atoms with Crippen LogP contribution in [0.25, 0.3) is 0 Å². The highest BCUT2D eigenvalue weighted by molar-refractivity contribution is 5.20. The van der Waals surface area contributed by atoms with Gasteiger partial charge in [0.25, 0.3) is 0 Å². The van der Waals surface area contributed by atoms with Crippen LogP contribution in [0.5, 0.6) is 0 Å². The largest absolute Gasteiger partial charge is 0.314 e. The molecule has 1 aromatic carbocycles. The lowest BCUT2D eigenvalue weighted by molar-refractivity contribution is 0.446. The van der Waals surface area contributed by atoms with Crippen molar-refractivity contribution in [2.45, 2.75) is 45.1 Å². The summed E-state index contributed by atoms with van der Waals surface area (Å²) in [6, 6.07) is 4.16. The predicted molar refractivity (Wildman–Crippen MR) is 76.2 cm³/mol. The van der Waals surface area contributed by atoms with Crippen molar-refractivity contribution in [3.05, 3.63) is 48.1 Å². The Bertz CT molecular complexity index is 370. The second kappa shape index (κ2) is 8.81. The molecule has 0 heterocycles. The third-order valence-corrected chi connectivity index (χ3v) is 3.16. The van der Waals surface area contributed by atoms with Crippen molar-refractivity contribution in [3.63, 3.8) is 0 Å². The Hall–Kier alpha value is -1.22. The molecule has 0 aliphatic heterocycles. The normalized spacial score (nSPS) is 12.4. The second-order valence-corrected chi connectivity index (χ2v) is 4.77. The van der Waals surface area contributed by atoms with Crippen molar-refractivity contribution < 1.29 is 8.78 Å². The quantitative estimate of drug-likeness (QED) is 0.521. The highest BCUT2D eigenvalue weighted by Gasteiger charge is 2.14. The molecule has 0 amide bonds. The Morgan fingerprint density at radius 1 is 1.32 bits per heavy atom. The smallest absolute Gasteiger partial charge is 0.129 e. The Morgan fingerprint density at radius 3 is 2.58 bits per heavy atom. The molecule has 0 radical (unpaired) electrons. The number of benzene rings is 1. The number of rotatable bonds is 9. The van der Waals surface area contributed by atoms with Crippen molar-refractivity contribution in [2.75, 3.05) is 6.54 Å². The van der Waals surface area contributed by atoms with Gasteiger partial charge in [-0.05, 0) is 50.8 Å². The minimum atomic E-state index is -0.452. The van der Waals surface area contributed by atoms with Gasteiger partial charge < -0.3 is 5.32 Å². The van der Waals surface area contributed by atoms with Gasteiger partial charge in [-0.1, -0.05) is 19.1 Å². The highest BCUT2D eigenvalue weighted by atomic mass is 19.1. The first-order valence-electron chi connectivity index (χ1n) is 6.96. The molecule has 0 aliphatic carbocycles. The third kappa shape index (κ3) is 5.52. The first-order chi connectivity index (χ1) is 9.19. The molecule has 1 aromatic rings. The Balaban J connectivity index is 2.66. The Kier molecular flexibility index (Phi) is 7.34. The van der Waals surface area contributed by atoms with Crippen molar-refractivity contribution in [1.29, 1.82) is 0 Å². The molecule has 0 saturated heterocycles. The number of allylic oxidation sites excluding steroid dienone is 1. The summed E-state index contributed by atoms with van der Waals surface area (Å²) in [5.41, 5.74) is 0.190. The molecular formula is C16H23F2N. The summed E-state index contributed by atoms with van der Waals surface area (Å²) in [5, 5.41) is 3.36. The summed E-state index contributed by atoms with van der Waals surface area (Å²) in [6.45, 7) is 6.64. The molecule has 0 fully saturated rings. The van der Waals surface area contributed by atoms with Crippen LogP contribution in [0.1, 0.15) is 38.2 Å². The van der Waals surface area contributed by atoms with E-state index in [2.05, 4.69) is 18.8 Å². The molecule has 0 aromatic heterocycles. The van der Waals surface area contributed by atoms with Gasteiger partial charge in [0.05, 0.1) is 0 Å². The maximum atomic E-state index is 13.6. The first kappa shape index (κ1) is 15.8. The van der Waals surface area contributed by atoms with Crippen molar-refractivity contribution in [2.24, 2.45) is 0 Å². The number of unbranched alkanes of at least 4 members (excludes halogenated alkanes) is 1. The molecule has 1 rings (SSSR count). The topological polar surface area (TPSA) is 12.0 Å². The van der Waals surface area contributed by atoms with Gasteiger partial charge in [-0.2, -0.15) is 0 Å². The second-order valence-electron chi connectivity index (χ2n) is 4.77. The zero-order chi connectivity index (χ0) is 14.1. The van der Waals surface area contributed by atoms with E-state index in [1.807, 2.05) is 6.08 Å². The van der Waals surface area contributed by atoms with Crippen molar-refractivity contribution in [3.8, 4) is 0 Å². The standard InChI is InChI=1S/C16H23F2N/c1-3-5-6-8-13(19-11-4-2)12-14-15(17)9-7-10-16(14)18/h3,7,9-10,13,19H,1,4-6,8,11-12H2,2H3. The molecule has 0 aliphatic rings. The minimum Gasteiger partial charge on any atom is -0.314 e. The fourth-order valence-electron chi connectivity index (χ4n) is 2.11. The van der Waals surface area contributed by atoms with Crippen LogP contribution < -0.4 is 5.32 Å². The van der Waals surface area contributed by atoms with E-state index >= 15 is 0 Å². The molecule has 19 heavy (non-hydrogen) atoms. The first-order valence-corrected chi connectivity index (χ1v) is 6.96. The zero-order valence-corrected chi connectivity index (χ0v) is 11.6. The van der Waals surface area contributed by atoms with Gasteiger partial charge in [0.2, 0.25) is 0 Å². The maximum absolute atomic E-state index is 13.6. The number of halogens is 2. The fourth-order valence-corrected chi connectivity index (χ4v) is 2.11. The number of nitrogens with one attached hydrogen (secondary N) is 1. The molecule has 106 valence electrons. The fraction of sp³-hybridized carbons (Fsp3) is 0.500. The van der Waals surface area contributed by atoms with E-state index in [0.29, 0.717) is 6.42 Å². The number of hydrogen-bond donors (Lipinski definition) is 1. The van der Waals surface area contributed by atoms with Gasteiger partial charge >= 0.3 is 0 Å². The van der Waals surface area contributed by atoms with E-state index in [4.69, 9.17) is 0 Å². The monoisotopic (exact) mass is 267 g/mol. The molecule has 1 nitrogen and oxygen atoms in total. The van der Waals surface area contributed by atoms with Crippen LogP contribution in [-0.4, -0.2) is 12.6 Å². The lowest BCUT2D eigenvalue weighted by Crippen LogP contribution is -2.32. The average Bonchev–Trinajstić information content (AvgIpc) is 2.39. The van der Waals surface area contributed by atoms with Gasteiger partial charge in [0, 0.05) is 11.6 Å². The van der Waals surface area contributed by atoms with E-state index < -0.39 is 11.6 Å². The van der Waals surface area contributed by atoms with Crippen LogP contribution in [0.2, 0.25) is 0 Å². The van der Waals surface area contributed by atoms with Crippen LogP contribution in [-0.2, 0) is 6.42 Å². The average molecular weight is 267 g/mol. The Morgan fingerprint density at radius 2 is 2.00 bits per heavy atom. The van der Waals surface area contributed by atoms with E-state index in [-0.39, 0.29) is 11.6 Å². The lowest BCUT2D eigenvalue weighted by atomic mass is 10.00. The molecule has 1 atom stereocenters. The Labute approximate surface area is 114 Å². The van der Waals surface area contributed by atoms with Crippen LogP contribution >= 0.6 is 0 Å². The van der Waals surface area contributed by atoms with Gasteiger partial charge in [-0.15, -0.1) is 6.58 Å². The van der Waals surface area contributed by atoms with Crippen molar-refractivity contribution in [1.82, 2.24) is 5.32 Å². The summed E-state index contributed by atoms with van der Waals surface area (Å²) in [7, 11) is 0. The molecule has 1 N–H and O–H groups in total. The predicted octanol–water partition coefficient (Wildman–Crippen LogP) is 4.23. The van der Waals surface area contributed by atoms with Crippen molar-refractivity contribution >= 4 is 0 Å². The molecule has 1 unspecified atom stereocenters. The minimum absolute atomic E-state index is 0.117. The van der Waals surface area contributed by atoms with Gasteiger partial charge in [0.15, 0.2) is 0 Å². The highest BCUT2D eigenvalue weighted by Crippen LogP contribution is 2.16. The van der Waals surface area contributed by atoms with E-state index in [0.717, 1.165) is 32.2 Å². The summed E-state index contributed by atoms with van der Waals surface area (Å²) >= 11 is 0. The van der Waals surface area contributed by atoms with Gasteiger partial charge in [0.1, 0.15) is 11.6 Å². The van der Waals surface area contributed by atoms with Gasteiger partial charge in [-0.3, -0.25) is 0 Å². The van der Waals surface area contributed by atoms with Crippen LogP contribution in [0.4, 0.5) is 8.78 Å². The number of hydrogen-bond acceptors (Lipinski definition) is 1. The van der Waals surface area contributed by atoms with E-state index in [1.165, 1.54) is 18.2 Å². The molecular weight excluding hydrogens is 244 g/mol. The molecule has 0 saturated carbocycles. The van der Waals surface area contributed by atoms with Crippen LogP contribution in [0.15, 0.2) is 30.9 Å². The van der Waals surface area contributed by atoms with Crippen LogP contribution in [0, 0.1) is 11.6 Å². The summed E-state index contributed by atoms with van der Waals surface area (Å²) in [6.07, 6.45) is 6.11. The van der Waals surface area contributed by atoms with Gasteiger partial charge in [-0.25, -0.2) is 8.78 Å². The molecule has 0 bridgehead atoms. The summed E-state index contributed by atoms with van der Waals surface area (Å²) in [5.74, 6) is -0.904. The lowest BCUT2D eigenvalue weighted by Gasteiger charge is -2.19. The summed E-state index contributed by atoms with van der Waals surface area (Å²) in [4.78, 5) is 0. The SMILES string of the molecule is C=CCCCC(Cc1c(F)cccc1F)NCCC. The molecule has 3 heteroatoms.